The van der Waals surface area contributed by atoms with Crippen LogP contribution >= 0.6 is 0 Å². The van der Waals surface area contributed by atoms with Crippen molar-refractivity contribution in [2.24, 2.45) is 0 Å². The maximum Gasteiger partial charge on any atom is 0.151 e. The van der Waals surface area contributed by atoms with Crippen LogP contribution in [-0.2, 0) is 9.84 Å². The molecule has 100 valence electrons. The number of hydrogen-bond donors (Lipinski definition) is 2. The van der Waals surface area contributed by atoms with E-state index in [-0.39, 0.29) is 6.04 Å². The average molecular weight is 262 g/mol. The summed E-state index contributed by atoms with van der Waals surface area (Å²) in [5.41, 5.74) is -0.608. The third kappa shape index (κ3) is 3.19. The zero-order valence-corrected chi connectivity index (χ0v) is 11.2. The molecule has 2 N–H and O–H groups in total. The molecule has 2 heterocycles. The number of aliphatic hydroxyl groups is 1. The van der Waals surface area contributed by atoms with E-state index in [0.29, 0.717) is 18.1 Å². The fourth-order valence-electron chi connectivity index (χ4n) is 2.87. The Morgan fingerprint density at radius 3 is 2.53 bits per heavy atom. The molecule has 0 spiro atoms. The number of nitrogens with one attached hydrogen (secondary N) is 1. The second-order valence-corrected chi connectivity index (χ2v) is 7.58. The molecule has 2 saturated heterocycles. The van der Waals surface area contributed by atoms with E-state index < -0.39 is 15.4 Å². The van der Waals surface area contributed by atoms with E-state index in [1.165, 1.54) is 0 Å². The van der Waals surface area contributed by atoms with Crippen molar-refractivity contribution in [2.45, 2.75) is 30.9 Å². The molecule has 2 aliphatic heterocycles. The highest BCUT2D eigenvalue weighted by atomic mass is 32.2. The van der Waals surface area contributed by atoms with Crippen molar-refractivity contribution in [2.75, 3.05) is 38.2 Å². The molecular weight excluding hydrogens is 240 g/mol. The Labute approximate surface area is 103 Å². The molecule has 0 aromatic carbocycles. The van der Waals surface area contributed by atoms with Gasteiger partial charge in [-0.05, 0) is 26.3 Å². The highest BCUT2D eigenvalue weighted by molar-refractivity contribution is 7.91. The first kappa shape index (κ1) is 13.3. The SMILES string of the molecule is CNCC1(O)CCN(C2CCS(=O)(=O)C2)CC1. The molecule has 2 rings (SSSR count). The number of likely N-dealkylation sites (tertiary alicyclic amines) is 1. The van der Waals surface area contributed by atoms with Crippen molar-refractivity contribution >= 4 is 9.84 Å². The van der Waals surface area contributed by atoms with E-state index in [0.717, 1.165) is 32.4 Å². The molecule has 5 nitrogen and oxygen atoms in total. The molecule has 2 aliphatic rings. The maximum absolute atomic E-state index is 11.4. The van der Waals surface area contributed by atoms with Gasteiger partial charge in [0.15, 0.2) is 9.84 Å². The first-order valence-corrected chi connectivity index (χ1v) is 8.08. The monoisotopic (exact) mass is 262 g/mol. The van der Waals surface area contributed by atoms with E-state index in [9.17, 15) is 13.5 Å². The number of nitrogens with zero attached hydrogens (tertiary/aromatic N) is 1. The van der Waals surface area contributed by atoms with Crippen LogP contribution in [0.4, 0.5) is 0 Å². The smallest absolute Gasteiger partial charge is 0.151 e. The minimum atomic E-state index is -2.80. The van der Waals surface area contributed by atoms with Crippen LogP contribution in [0.15, 0.2) is 0 Å². The van der Waals surface area contributed by atoms with Gasteiger partial charge in [0.1, 0.15) is 0 Å². The highest BCUT2D eigenvalue weighted by Crippen LogP contribution is 2.26. The van der Waals surface area contributed by atoms with Crippen molar-refractivity contribution < 1.29 is 13.5 Å². The number of hydrogen-bond acceptors (Lipinski definition) is 5. The van der Waals surface area contributed by atoms with Crippen molar-refractivity contribution in [1.29, 1.82) is 0 Å². The van der Waals surface area contributed by atoms with Crippen LogP contribution in [0, 0.1) is 0 Å². The van der Waals surface area contributed by atoms with Gasteiger partial charge in [-0.1, -0.05) is 0 Å². The minimum Gasteiger partial charge on any atom is -0.388 e. The lowest BCUT2D eigenvalue weighted by Gasteiger charge is -2.40. The Bertz CT molecular complexity index is 361. The van der Waals surface area contributed by atoms with Crippen LogP contribution in [0.5, 0.6) is 0 Å². The molecule has 6 heteroatoms. The summed E-state index contributed by atoms with van der Waals surface area (Å²) in [6.45, 7) is 2.22. The summed E-state index contributed by atoms with van der Waals surface area (Å²) in [4.78, 5) is 2.23. The second-order valence-electron chi connectivity index (χ2n) is 5.35. The van der Waals surface area contributed by atoms with Crippen LogP contribution in [0.2, 0.25) is 0 Å². The molecule has 1 atom stereocenters. The van der Waals surface area contributed by atoms with Crippen LogP contribution in [0.1, 0.15) is 19.3 Å². The van der Waals surface area contributed by atoms with Gasteiger partial charge in [-0.2, -0.15) is 0 Å². The maximum atomic E-state index is 11.4. The van der Waals surface area contributed by atoms with E-state index in [4.69, 9.17) is 0 Å². The average Bonchev–Trinajstić information content (AvgIpc) is 2.60. The number of likely N-dealkylation sites (N-methyl/N-ethyl adjacent to an activating group) is 1. The molecule has 0 aromatic heterocycles. The van der Waals surface area contributed by atoms with Gasteiger partial charge in [-0.15, -0.1) is 0 Å². The van der Waals surface area contributed by atoms with Crippen LogP contribution in [0.3, 0.4) is 0 Å². The van der Waals surface area contributed by atoms with Crippen molar-refractivity contribution in [3.63, 3.8) is 0 Å². The Hall–Kier alpha value is -0.170. The van der Waals surface area contributed by atoms with Gasteiger partial charge in [-0.3, -0.25) is 4.90 Å². The molecule has 1 unspecified atom stereocenters. The third-order valence-corrected chi connectivity index (χ3v) is 5.71. The molecule has 0 aliphatic carbocycles. The third-order valence-electron chi connectivity index (χ3n) is 3.96. The second kappa shape index (κ2) is 4.84. The lowest BCUT2D eigenvalue weighted by molar-refractivity contribution is -0.0260. The molecule has 0 aromatic rings. The molecule has 2 fully saturated rings. The summed E-state index contributed by atoms with van der Waals surface area (Å²) in [5.74, 6) is 0.631. The first-order chi connectivity index (χ1) is 7.94. The normalized spacial score (nSPS) is 32.7. The standard InChI is InChI=1S/C11H22N2O3S/c1-12-9-11(14)3-5-13(6-4-11)10-2-7-17(15,16)8-10/h10,12,14H,2-9H2,1H3. The van der Waals surface area contributed by atoms with E-state index in [1.54, 1.807) is 0 Å². The summed E-state index contributed by atoms with van der Waals surface area (Å²) in [5, 5.41) is 13.2. The predicted molar refractivity (Wildman–Crippen MR) is 66.7 cm³/mol. The van der Waals surface area contributed by atoms with Gasteiger partial charge >= 0.3 is 0 Å². The Morgan fingerprint density at radius 1 is 1.41 bits per heavy atom. The number of piperidine rings is 1. The van der Waals surface area contributed by atoms with Crippen molar-refractivity contribution in [3.05, 3.63) is 0 Å². The fourth-order valence-corrected chi connectivity index (χ4v) is 4.64. The van der Waals surface area contributed by atoms with Gasteiger partial charge in [0.25, 0.3) is 0 Å². The fraction of sp³-hybridized carbons (Fsp3) is 1.00. The molecule has 0 radical (unpaired) electrons. The number of rotatable bonds is 3. The Morgan fingerprint density at radius 2 is 2.06 bits per heavy atom. The van der Waals surface area contributed by atoms with Crippen molar-refractivity contribution in [1.82, 2.24) is 10.2 Å². The Kier molecular flexibility index (Phi) is 3.77. The topological polar surface area (TPSA) is 69.6 Å². The summed E-state index contributed by atoms with van der Waals surface area (Å²) in [6.07, 6.45) is 2.21. The lowest BCUT2D eigenvalue weighted by Crippen LogP contribution is -2.52. The first-order valence-electron chi connectivity index (χ1n) is 6.26. The summed E-state index contributed by atoms with van der Waals surface area (Å²) >= 11 is 0. The van der Waals surface area contributed by atoms with Crippen molar-refractivity contribution in [3.8, 4) is 0 Å². The van der Waals surface area contributed by atoms with E-state index >= 15 is 0 Å². The summed E-state index contributed by atoms with van der Waals surface area (Å²) < 4.78 is 22.9. The van der Waals surface area contributed by atoms with E-state index in [1.807, 2.05) is 7.05 Å². The van der Waals surface area contributed by atoms with Gasteiger partial charge < -0.3 is 10.4 Å². The highest BCUT2D eigenvalue weighted by Gasteiger charge is 2.37. The molecule has 17 heavy (non-hydrogen) atoms. The van der Waals surface area contributed by atoms with Crippen LogP contribution in [-0.4, -0.2) is 68.3 Å². The zero-order valence-electron chi connectivity index (χ0n) is 10.4. The molecular formula is C11H22N2O3S. The van der Waals surface area contributed by atoms with Crippen LogP contribution in [0.25, 0.3) is 0 Å². The quantitative estimate of drug-likeness (QED) is 0.698. The predicted octanol–water partition coefficient (Wildman–Crippen LogP) is -0.780. The Balaban J connectivity index is 1.88. The van der Waals surface area contributed by atoms with E-state index in [2.05, 4.69) is 10.2 Å². The van der Waals surface area contributed by atoms with Gasteiger partial charge in [0.05, 0.1) is 17.1 Å². The molecule has 0 saturated carbocycles. The van der Waals surface area contributed by atoms with Gasteiger partial charge in [0.2, 0.25) is 0 Å². The molecule has 0 amide bonds. The number of sulfone groups is 1. The summed E-state index contributed by atoms with van der Waals surface area (Å²) in [7, 11) is -0.959. The summed E-state index contributed by atoms with van der Waals surface area (Å²) in [6, 6.07) is 0.180. The van der Waals surface area contributed by atoms with Gasteiger partial charge in [-0.25, -0.2) is 8.42 Å². The zero-order chi connectivity index (χ0) is 12.5. The molecule has 0 bridgehead atoms. The van der Waals surface area contributed by atoms with Crippen LogP contribution < -0.4 is 5.32 Å². The largest absolute Gasteiger partial charge is 0.388 e. The lowest BCUT2D eigenvalue weighted by atomic mass is 9.90. The minimum absolute atomic E-state index is 0.180. The van der Waals surface area contributed by atoms with Gasteiger partial charge in [0, 0.05) is 25.7 Å².